The van der Waals surface area contributed by atoms with E-state index < -0.39 is 17.8 Å². The van der Waals surface area contributed by atoms with Gasteiger partial charge in [0.25, 0.3) is 5.91 Å². The second-order valence-corrected chi connectivity index (χ2v) is 6.75. The van der Waals surface area contributed by atoms with Crippen molar-refractivity contribution in [2.75, 3.05) is 38.7 Å². The Labute approximate surface area is 178 Å². The lowest BCUT2D eigenvalue weighted by molar-refractivity contribution is -0.136. The molecule has 1 amide bonds. The van der Waals surface area contributed by atoms with Gasteiger partial charge < -0.3 is 29.8 Å². The number of nitrogens with one attached hydrogen (secondary N) is 2. The van der Waals surface area contributed by atoms with Crippen LogP contribution in [0.2, 0.25) is 0 Å². The van der Waals surface area contributed by atoms with Crippen LogP contribution in [0.1, 0.15) is 23.1 Å². The van der Waals surface area contributed by atoms with E-state index in [2.05, 4.69) is 15.3 Å². The summed E-state index contributed by atoms with van der Waals surface area (Å²) >= 11 is 0. The largest absolute Gasteiger partial charge is 0.466 e. The summed E-state index contributed by atoms with van der Waals surface area (Å²) in [5.41, 5.74) is 2.05. The topological polar surface area (TPSA) is 134 Å². The number of benzene rings is 1. The number of carbonyl (C=O) groups is 3. The van der Waals surface area contributed by atoms with Gasteiger partial charge in [-0.15, -0.1) is 0 Å². The zero-order valence-electron chi connectivity index (χ0n) is 17.5. The van der Waals surface area contributed by atoms with E-state index >= 15 is 0 Å². The van der Waals surface area contributed by atoms with E-state index in [4.69, 9.17) is 9.47 Å². The van der Waals surface area contributed by atoms with Crippen LogP contribution in [0.3, 0.4) is 0 Å². The number of aromatic amines is 1. The highest BCUT2D eigenvalue weighted by atomic mass is 16.5. The molecule has 3 N–H and O–H groups in total. The number of β-amino-alcohol motifs (C(OH)–C–C–N with tert-alkyl or cyclic N) is 1. The number of rotatable bonds is 8. The maximum Gasteiger partial charge on any atom is 0.358 e. The fraction of sp³-hybridized carbons (Fsp3) is 0.333. The Morgan fingerprint density at radius 3 is 2.71 bits per heavy atom. The number of aromatic nitrogens is 2. The summed E-state index contributed by atoms with van der Waals surface area (Å²) < 4.78 is 9.84. The van der Waals surface area contributed by atoms with Gasteiger partial charge in [0.05, 0.1) is 32.4 Å². The van der Waals surface area contributed by atoms with E-state index in [-0.39, 0.29) is 43.3 Å². The van der Waals surface area contributed by atoms with Crippen LogP contribution in [0.5, 0.6) is 0 Å². The highest BCUT2D eigenvalue weighted by molar-refractivity contribution is 6.09. The van der Waals surface area contributed by atoms with Crippen LogP contribution < -0.4 is 5.32 Å². The smallest absolute Gasteiger partial charge is 0.358 e. The van der Waals surface area contributed by atoms with Crippen molar-refractivity contribution in [2.45, 2.75) is 13.8 Å². The van der Waals surface area contributed by atoms with E-state index in [0.717, 1.165) is 0 Å². The zero-order valence-corrected chi connectivity index (χ0v) is 17.5. The number of hydrogen-bond acceptors (Lipinski definition) is 8. The molecular weight excluding hydrogens is 404 g/mol. The number of imidazole rings is 1. The molecule has 0 radical (unpaired) electrons. The molecule has 10 nitrogen and oxygen atoms in total. The average Bonchev–Trinajstić information content (AvgIpc) is 3.29. The average molecular weight is 428 g/mol. The number of ether oxygens (including phenoxy) is 2. The van der Waals surface area contributed by atoms with Gasteiger partial charge in [0, 0.05) is 23.5 Å². The standard InChI is InChI=1S/C21H24N4O6/c1-4-31-21(29)16-12(2)22-18(24-16)13-7-5-6-8-15(13)23-17-14(20(28)30-3)11-25(9-10-26)19(17)27/h5-8,23,26H,4,9-11H2,1-3H3,(H,22,24). The maximum atomic E-state index is 12.8. The van der Waals surface area contributed by atoms with Crippen LogP contribution in [-0.2, 0) is 19.1 Å². The molecule has 1 aromatic carbocycles. The number of H-pyrrole nitrogens is 1. The molecule has 2 heterocycles. The molecule has 10 heteroatoms. The van der Waals surface area contributed by atoms with Crippen LogP contribution in [0.15, 0.2) is 35.5 Å². The minimum atomic E-state index is -0.632. The molecule has 1 aliphatic heterocycles. The lowest BCUT2D eigenvalue weighted by atomic mass is 10.1. The number of aliphatic hydroxyl groups is 1. The fourth-order valence-electron chi connectivity index (χ4n) is 3.27. The quantitative estimate of drug-likeness (QED) is 0.535. The molecule has 0 saturated heterocycles. The number of aryl methyl sites for hydroxylation is 1. The zero-order chi connectivity index (χ0) is 22.5. The molecule has 0 spiro atoms. The van der Waals surface area contributed by atoms with Gasteiger partial charge in [-0.1, -0.05) is 12.1 Å². The summed E-state index contributed by atoms with van der Waals surface area (Å²) in [5, 5.41) is 12.2. The second kappa shape index (κ2) is 9.43. The van der Waals surface area contributed by atoms with Crippen LogP contribution in [-0.4, -0.2) is 71.2 Å². The molecule has 0 fully saturated rings. The maximum absolute atomic E-state index is 12.8. The highest BCUT2D eigenvalue weighted by Crippen LogP contribution is 2.30. The number of methoxy groups -OCH3 is 1. The van der Waals surface area contributed by atoms with Gasteiger partial charge in [0.15, 0.2) is 5.69 Å². The van der Waals surface area contributed by atoms with Gasteiger partial charge in [-0.3, -0.25) is 4.79 Å². The van der Waals surface area contributed by atoms with E-state index in [0.29, 0.717) is 22.8 Å². The van der Waals surface area contributed by atoms with E-state index in [1.54, 1.807) is 38.1 Å². The Bertz CT molecular complexity index is 1040. The van der Waals surface area contributed by atoms with Gasteiger partial charge in [-0.05, 0) is 26.0 Å². The number of esters is 2. The Morgan fingerprint density at radius 1 is 1.29 bits per heavy atom. The summed E-state index contributed by atoms with van der Waals surface area (Å²) in [4.78, 5) is 45.9. The molecule has 0 atom stereocenters. The van der Waals surface area contributed by atoms with E-state index in [1.807, 2.05) is 0 Å². The number of para-hydroxylation sites is 1. The van der Waals surface area contributed by atoms with Crippen molar-refractivity contribution in [2.24, 2.45) is 0 Å². The van der Waals surface area contributed by atoms with Crippen molar-refractivity contribution in [1.82, 2.24) is 14.9 Å². The van der Waals surface area contributed by atoms with Gasteiger partial charge in [-0.25, -0.2) is 14.6 Å². The van der Waals surface area contributed by atoms with Gasteiger partial charge in [-0.2, -0.15) is 0 Å². The van der Waals surface area contributed by atoms with Crippen molar-refractivity contribution < 1.29 is 29.0 Å². The predicted octanol–water partition coefficient (Wildman–Crippen LogP) is 1.24. The minimum Gasteiger partial charge on any atom is -0.466 e. The molecule has 0 saturated carbocycles. The van der Waals surface area contributed by atoms with Crippen LogP contribution >= 0.6 is 0 Å². The first kappa shape index (κ1) is 22.0. The molecule has 2 aromatic rings. The Hall–Kier alpha value is -3.66. The third-order valence-electron chi connectivity index (χ3n) is 4.75. The van der Waals surface area contributed by atoms with E-state index in [1.165, 1.54) is 12.0 Å². The summed E-state index contributed by atoms with van der Waals surface area (Å²) in [6, 6.07) is 7.03. The van der Waals surface area contributed by atoms with Gasteiger partial charge >= 0.3 is 11.9 Å². The summed E-state index contributed by atoms with van der Waals surface area (Å²) in [5.74, 6) is -1.19. The van der Waals surface area contributed by atoms with Crippen molar-refractivity contribution >= 4 is 23.5 Å². The monoisotopic (exact) mass is 428 g/mol. The molecule has 3 rings (SSSR count). The lowest BCUT2D eigenvalue weighted by Crippen LogP contribution is -2.31. The first-order chi connectivity index (χ1) is 14.9. The first-order valence-corrected chi connectivity index (χ1v) is 9.73. The number of anilines is 1. The molecule has 0 aliphatic carbocycles. The van der Waals surface area contributed by atoms with Gasteiger partial charge in [0.1, 0.15) is 11.5 Å². The number of hydrogen-bond donors (Lipinski definition) is 3. The molecule has 31 heavy (non-hydrogen) atoms. The van der Waals surface area contributed by atoms with Crippen molar-refractivity contribution in [3.63, 3.8) is 0 Å². The third-order valence-corrected chi connectivity index (χ3v) is 4.75. The first-order valence-electron chi connectivity index (χ1n) is 9.73. The normalized spacial score (nSPS) is 13.5. The summed E-state index contributed by atoms with van der Waals surface area (Å²) in [7, 11) is 1.24. The molecule has 0 unspecified atom stereocenters. The SMILES string of the molecule is CCOC(=O)c1nc(-c2ccccc2NC2=C(C(=O)OC)CN(CCO)C2=O)[nH]c1C. The summed E-state index contributed by atoms with van der Waals surface area (Å²) in [6.45, 7) is 3.55. The number of nitrogens with zero attached hydrogens (tertiary/aromatic N) is 2. The minimum absolute atomic E-state index is 0.0312. The molecule has 0 bridgehead atoms. The Morgan fingerprint density at radius 2 is 2.03 bits per heavy atom. The highest BCUT2D eigenvalue weighted by Gasteiger charge is 2.34. The van der Waals surface area contributed by atoms with Crippen LogP contribution in [0.4, 0.5) is 5.69 Å². The molecule has 1 aromatic heterocycles. The van der Waals surface area contributed by atoms with E-state index in [9.17, 15) is 19.5 Å². The van der Waals surface area contributed by atoms with Gasteiger partial charge in [0.2, 0.25) is 0 Å². The van der Waals surface area contributed by atoms with Crippen LogP contribution in [0.25, 0.3) is 11.4 Å². The number of carbonyl (C=O) groups excluding carboxylic acids is 3. The molecule has 1 aliphatic rings. The Balaban J connectivity index is 1.99. The summed E-state index contributed by atoms with van der Waals surface area (Å²) in [6.07, 6.45) is 0. The molecule has 164 valence electrons. The van der Waals surface area contributed by atoms with Crippen molar-refractivity contribution in [3.05, 3.63) is 46.9 Å². The fourth-order valence-corrected chi connectivity index (χ4v) is 3.27. The van der Waals surface area contributed by atoms with Crippen molar-refractivity contribution in [1.29, 1.82) is 0 Å². The predicted molar refractivity (Wildman–Crippen MR) is 111 cm³/mol. The number of aliphatic hydroxyl groups excluding tert-OH is 1. The molecular formula is C21H24N4O6. The lowest BCUT2D eigenvalue weighted by Gasteiger charge is -2.15. The second-order valence-electron chi connectivity index (χ2n) is 6.75. The van der Waals surface area contributed by atoms with Crippen LogP contribution in [0, 0.1) is 6.92 Å². The number of amides is 1. The third kappa shape index (κ3) is 4.43. The van der Waals surface area contributed by atoms with Crippen molar-refractivity contribution in [3.8, 4) is 11.4 Å². The Kier molecular flexibility index (Phi) is 6.71.